The number of carbonyl (C=O) groups excluding carboxylic acids is 1. The van der Waals surface area contributed by atoms with Crippen LogP contribution in [0.2, 0.25) is 0 Å². The van der Waals surface area contributed by atoms with Crippen molar-refractivity contribution < 1.29 is 4.79 Å². The van der Waals surface area contributed by atoms with Gasteiger partial charge in [-0.15, -0.1) is 0 Å². The quantitative estimate of drug-likeness (QED) is 0.901. The van der Waals surface area contributed by atoms with Gasteiger partial charge in [0.15, 0.2) is 0 Å². The molecule has 1 aliphatic heterocycles. The number of amides is 1. The maximum Gasteiger partial charge on any atom is 0.243 e. The number of aromatic nitrogens is 4. The lowest BCUT2D eigenvalue weighted by molar-refractivity contribution is -0.122. The number of nitrogens with zero attached hydrogens (tertiary/aromatic N) is 5. The summed E-state index contributed by atoms with van der Waals surface area (Å²) < 4.78 is 2.06. The minimum atomic E-state index is -0.230. The molecule has 0 aromatic carbocycles. The molecule has 3 rings (SSSR count). The van der Waals surface area contributed by atoms with Crippen molar-refractivity contribution >= 4 is 11.9 Å². The van der Waals surface area contributed by atoms with Crippen molar-refractivity contribution in [1.82, 2.24) is 24.6 Å². The van der Waals surface area contributed by atoms with Crippen LogP contribution in [0.1, 0.15) is 37.6 Å². The summed E-state index contributed by atoms with van der Waals surface area (Å²) in [6, 6.07) is 3.90. The zero-order valence-electron chi connectivity index (χ0n) is 15.1. The van der Waals surface area contributed by atoms with E-state index < -0.39 is 0 Å². The highest BCUT2D eigenvalue weighted by Gasteiger charge is 2.31. The zero-order chi connectivity index (χ0) is 17.8. The van der Waals surface area contributed by atoms with Gasteiger partial charge in [-0.2, -0.15) is 5.10 Å². The molecule has 1 saturated heterocycles. The van der Waals surface area contributed by atoms with Crippen molar-refractivity contribution in [1.29, 1.82) is 0 Å². The van der Waals surface area contributed by atoms with Crippen LogP contribution in [0.5, 0.6) is 0 Å². The third-order valence-electron chi connectivity index (χ3n) is 4.84. The first-order valence-electron chi connectivity index (χ1n) is 8.89. The van der Waals surface area contributed by atoms with Crippen molar-refractivity contribution in [2.24, 2.45) is 0 Å². The molecule has 1 amide bonds. The number of hydrogen-bond donors (Lipinski definition) is 1. The molecule has 25 heavy (non-hydrogen) atoms. The number of likely N-dealkylation sites (tertiary alicyclic amines) is 1. The normalized spacial score (nSPS) is 19.6. The molecule has 0 saturated carbocycles. The van der Waals surface area contributed by atoms with E-state index >= 15 is 0 Å². The Labute approximate surface area is 148 Å². The first kappa shape index (κ1) is 17.5. The van der Waals surface area contributed by atoms with Gasteiger partial charge >= 0.3 is 0 Å². The highest BCUT2D eigenvalue weighted by molar-refractivity contribution is 5.93. The fourth-order valence-corrected chi connectivity index (χ4v) is 3.52. The van der Waals surface area contributed by atoms with Crippen molar-refractivity contribution in [3.63, 3.8) is 0 Å². The van der Waals surface area contributed by atoms with Gasteiger partial charge < -0.3 is 0 Å². The molecule has 7 heteroatoms. The van der Waals surface area contributed by atoms with Crippen LogP contribution >= 0.6 is 0 Å². The number of piperidine rings is 1. The Bertz CT molecular complexity index is 714. The molecule has 2 aromatic heterocycles. The van der Waals surface area contributed by atoms with Crippen LogP contribution in [0.25, 0.3) is 0 Å². The number of carbonyl (C=O) groups is 1. The van der Waals surface area contributed by atoms with Crippen LogP contribution < -0.4 is 5.32 Å². The van der Waals surface area contributed by atoms with Crippen LogP contribution in [0.3, 0.4) is 0 Å². The number of rotatable bonds is 5. The fraction of sp³-hybridized carbons (Fsp3) is 0.556. The van der Waals surface area contributed by atoms with Gasteiger partial charge in [-0.25, -0.2) is 9.97 Å². The first-order valence-corrected chi connectivity index (χ1v) is 8.89. The Morgan fingerprint density at radius 3 is 2.76 bits per heavy atom. The average molecular weight is 342 g/mol. The number of aryl methyl sites for hydroxylation is 2. The van der Waals surface area contributed by atoms with Gasteiger partial charge in [-0.05, 0) is 52.3 Å². The second-order valence-electron chi connectivity index (χ2n) is 6.73. The van der Waals surface area contributed by atoms with E-state index in [0.29, 0.717) is 12.0 Å². The van der Waals surface area contributed by atoms with Crippen LogP contribution in [0.15, 0.2) is 24.5 Å². The zero-order valence-corrected chi connectivity index (χ0v) is 15.1. The van der Waals surface area contributed by atoms with E-state index in [1.54, 1.807) is 18.5 Å². The summed E-state index contributed by atoms with van der Waals surface area (Å²) in [7, 11) is 0. The monoisotopic (exact) mass is 342 g/mol. The Morgan fingerprint density at radius 2 is 2.08 bits per heavy atom. The summed E-state index contributed by atoms with van der Waals surface area (Å²) in [4.78, 5) is 23.1. The summed E-state index contributed by atoms with van der Waals surface area (Å²) >= 11 is 0. The smallest absolute Gasteiger partial charge is 0.243 e. The second kappa shape index (κ2) is 7.74. The second-order valence-corrected chi connectivity index (χ2v) is 6.73. The molecule has 1 N–H and O–H groups in total. The molecule has 134 valence electrons. The fourth-order valence-electron chi connectivity index (χ4n) is 3.52. The maximum absolute atomic E-state index is 12.6. The first-order chi connectivity index (χ1) is 12.0. The number of anilines is 1. The van der Waals surface area contributed by atoms with E-state index in [1.165, 1.54) is 6.42 Å². The van der Waals surface area contributed by atoms with Gasteiger partial charge in [-0.3, -0.25) is 19.7 Å². The highest BCUT2D eigenvalue weighted by Crippen LogP contribution is 2.22. The largest absolute Gasteiger partial charge is 0.293 e. The van der Waals surface area contributed by atoms with Crippen LogP contribution in [-0.2, 0) is 11.3 Å². The minimum Gasteiger partial charge on any atom is -0.293 e. The molecular formula is C18H26N6O. The summed E-state index contributed by atoms with van der Waals surface area (Å²) in [5.74, 6) is 0.290. The Hall–Kier alpha value is -2.28. The third-order valence-corrected chi connectivity index (χ3v) is 4.84. The molecule has 1 fully saturated rings. The van der Waals surface area contributed by atoms with E-state index in [0.717, 1.165) is 37.3 Å². The molecule has 7 nitrogen and oxygen atoms in total. The summed E-state index contributed by atoms with van der Waals surface area (Å²) in [5.41, 5.74) is 2.20. The molecule has 0 aliphatic carbocycles. The SMILES string of the molecule is Cc1cc(C)n(CC2CCCCN2C(C)C(=O)Nc2ncccn2)n1. The summed E-state index contributed by atoms with van der Waals surface area (Å²) in [6.45, 7) is 7.79. The molecule has 2 aromatic rings. The lowest BCUT2D eigenvalue weighted by atomic mass is 9.99. The number of nitrogens with one attached hydrogen (secondary N) is 1. The van der Waals surface area contributed by atoms with E-state index in [2.05, 4.69) is 43.0 Å². The van der Waals surface area contributed by atoms with Crippen molar-refractivity contribution in [3.05, 3.63) is 35.9 Å². The van der Waals surface area contributed by atoms with Gasteiger partial charge in [0.1, 0.15) is 0 Å². The van der Waals surface area contributed by atoms with Gasteiger partial charge in [0.2, 0.25) is 11.9 Å². The van der Waals surface area contributed by atoms with Crippen LogP contribution in [0.4, 0.5) is 5.95 Å². The van der Waals surface area contributed by atoms with Crippen molar-refractivity contribution in [2.45, 2.75) is 58.7 Å². The lowest BCUT2D eigenvalue weighted by Crippen LogP contribution is -2.51. The van der Waals surface area contributed by atoms with Crippen molar-refractivity contribution in [2.75, 3.05) is 11.9 Å². The summed E-state index contributed by atoms with van der Waals surface area (Å²) in [5, 5.41) is 7.39. The van der Waals surface area contributed by atoms with E-state index in [-0.39, 0.29) is 11.9 Å². The maximum atomic E-state index is 12.6. The predicted molar refractivity (Wildman–Crippen MR) is 96.2 cm³/mol. The molecule has 0 bridgehead atoms. The Morgan fingerprint density at radius 1 is 1.32 bits per heavy atom. The predicted octanol–water partition coefficient (Wildman–Crippen LogP) is 2.17. The third kappa shape index (κ3) is 4.22. The minimum absolute atomic E-state index is 0.0635. The molecule has 0 radical (unpaired) electrons. The molecule has 3 heterocycles. The number of hydrogen-bond acceptors (Lipinski definition) is 5. The van der Waals surface area contributed by atoms with Gasteiger partial charge in [-0.1, -0.05) is 6.42 Å². The topological polar surface area (TPSA) is 75.9 Å². The lowest BCUT2D eigenvalue weighted by Gasteiger charge is -2.39. The molecule has 1 aliphatic rings. The molecule has 0 spiro atoms. The van der Waals surface area contributed by atoms with Gasteiger partial charge in [0.05, 0.1) is 18.3 Å². The standard InChI is InChI=1S/C18H26N6O/c1-13-11-14(2)24(22-13)12-16-7-4-5-10-23(16)15(3)17(25)21-18-19-8-6-9-20-18/h6,8-9,11,15-16H,4-5,7,10,12H2,1-3H3,(H,19,20,21,25). The Balaban J connectivity index is 1.69. The molecule has 2 unspecified atom stereocenters. The Kier molecular flexibility index (Phi) is 5.43. The molecule has 2 atom stereocenters. The van der Waals surface area contributed by atoms with E-state index in [9.17, 15) is 4.79 Å². The average Bonchev–Trinajstić information content (AvgIpc) is 2.93. The molecular weight excluding hydrogens is 316 g/mol. The van der Waals surface area contributed by atoms with Crippen LogP contribution in [0, 0.1) is 13.8 Å². The van der Waals surface area contributed by atoms with Crippen LogP contribution in [-0.4, -0.2) is 49.2 Å². The summed E-state index contributed by atoms with van der Waals surface area (Å²) in [6.07, 6.45) is 6.64. The van der Waals surface area contributed by atoms with Crippen molar-refractivity contribution in [3.8, 4) is 0 Å². The van der Waals surface area contributed by atoms with Gasteiger partial charge in [0, 0.05) is 24.1 Å². The highest BCUT2D eigenvalue weighted by atomic mass is 16.2. The van der Waals surface area contributed by atoms with E-state index in [4.69, 9.17) is 0 Å². The van der Waals surface area contributed by atoms with E-state index in [1.807, 2.05) is 13.8 Å². The van der Waals surface area contributed by atoms with Gasteiger partial charge in [0.25, 0.3) is 0 Å².